The second-order valence-electron chi connectivity index (χ2n) is 4.61. The lowest BCUT2D eigenvalue weighted by Crippen LogP contribution is -2.42. The molecule has 1 aromatic heterocycles. The van der Waals surface area contributed by atoms with Crippen LogP contribution < -0.4 is 10.6 Å². The molecule has 19 heavy (non-hydrogen) atoms. The summed E-state index contributed by atoms with van der Waals surface area (Å²) in [5.74, 6) is -0.499. The van der Waals surface area contributed by atoms with Crippen LogP contribution in [0.2, 0.25) is 0 Å². The monoisotopic (exact) mass is 268 g/mol. The average molecular weight is 268 g/mol. The van der Waals surface area contributed by atoms with E-state index in [0.29, 0.717) is 19.4 Å². The highest BCUT2D eigenvalue weighted by Crippen LogP contribution is 2.03. The molecule has 0 saturated carbocycles. The highest BCUT2D eigenvalue weighted by atomic mass is 16.4. The van der Waals surface area contributed by atoms with Crippen molar-refractivity contribution in [2.24, 2.45) is 5.92 Å². The van der Waals surface area contributed by atoms with Gasteiger partial charge in [0.05, 0.1) is 12.2 Å². The second-order valence-corrected chi connectivity index (χ2v) is 4.61. The fourth-order valence-electron chi connectivity index (χ4n) is 1.58. The lowest BCUT2D eigenvalue weighted by molar-refractivity contribution is -0.141. The Labute approximate surface area is 112 Å². The molecule has 0 saturated heterocycles. The third-order valence-corrected chi connectivity index (χ3v) is 2.75. The van der Waals surface area contributed by atoms with Gasteiger partial charge >= 0.3 is 12.0 Å². The fourth-order valence-corrected chi connectivity index (χ4v) is 1.58. The van der Waals surface area contributed by atoms with Crippen LogP contribution in [0, 0.1) is 5.92 Å². The number of amides is 2. The Balaban J connectivity index is 2.18. The third kappa shape index (κ3) is 5.94. The van der Waals surface area contributed by atoms with Crippen LogP contribution in [0.5, 0.6) is 0 Å². The Kier molecular flexibility index (Phi) is 5.92. The van der Waals surface area contributed by atoms with E-state index in [2.05, 4.69) is 10.6 Å². The van der Waals surface area contributed by atoms with E-state index < -0.39 is 11.9 Å². The van der Waals surface area contributed by atoms with Crippen molar-refractivity contribution in [1.82, 2.24) is 10.6 Å². The summed E-state index contributed by atoms with van der Waals surface area (Å²) in [7, 11) is 0. The van der Waals surface area contributed by atoms with Crippen molar-refractivity contribution < 1.29 is 19.1 Å². The molecule has 2 amide bonds. The number of aliphatic carboxylic acids is 1. The maximum absolute atomic E-state index is 11.5. The molecule has 6 heteroatoms. The minimum absolute atomic E-state index is 0.0527. The molecule has 1 rings (SSSR count). The summed E-state index contributed by atoms with van der Waals surface area (Å²) in [5, 5.41) is 14.1. The molecule has 0 spiro atoms. The van der Waals surface area contributed by atoms with E-state index in [4.69, 9.17) is 9.52 Å². The number of carboxylic acid groups (broad SMARTS) is 1. The van der Waals surface area contributed by atoms with Crippen molar-refractivity contribution in [2.75, 3.05) is 6.54 Å². The Morgan fingerprint density at radius 1 is 1.42 bits per heavy atom. The van der Waals surface area contributed by atoms with Gasteiger partial charge in [0, 0.05) is 19.0 Å². The maximum Gasteiger partial charge on any atom is 0.315 e. The molecular formula is C13H20N2O4. The molecule has 0 aliphatic carbocycles. The zero-order valence-electron chi connectivity index (χ0n) is 11.2. The first-order valence-electron chi connectivity index (χ1n) is 6.28. The van der Waals surface area contributed by atoms with E-state index in [9.17, 15) is 9.59 Å². The van der Waals surface area contributed by atoms with Crippen LogP contribution in [0.3, 0.4) is 0 Å². The van der Waals surface area contributed by atoms with Crippen LogP contribution >= 0.6 is 0 Å². The van der Waals surface area contributed by atoms with E-state index in [1.165, 1.54) is 0 Å². The minimum Gasteiger partial charge on any atom is -0.481 e. The molecule has 0 bridgehead atoms. The molecule has 0 aliphatic heterocycles. The molecular weight excluding hydrogens is 248 g/mol. The number of urea groups is 1. The number of hydrogen-bond donors (Lipinski definition) is 3. The van der Waals surface area contributed by atoms with Crippen molar-refractivity contribution in [2.45, 2.75) is 32.7 Å². The summed E-state index contributed by atoms with van der Waals surface area (Å²) in [5.41, 5.74) is 0. The van der Waals surface area contributed by atoms with Crippen molar-refractivity contribution >= 4 is 12.0 Å². The Hall–Kier alpha value is -1.98. The lowest BCUT2D eigenvalue weighted by Gasteiger charge is -2.14. The molecule has 0 fully saturated rings. The molecule has 6 nitrogen and oxygen atoms in total. The topological polar surface area (TPSA) is 91.6 Å². The number of rotatable bonds is 7. The number of furan rings is 1. The molecule has 106 valence electrons. The zero-order chi connectivity index (χ0) is 14.3. The van der Waals surface area contributed by atoms with Gasteiger partial charge in [0.15, 0.2) is 0 Å². The van der Waals surface area contributed by atoms with Gasteiger partial charge in [-0.25, -0.2) is 4.79 Å². The maximum atomic E-state index is 11.5. The third-order valence-electron chi connectivity index (χ3n) is 2.75. The summed E-state index contributed by atoms with van der Waals surface area (Å²) < 4.78 is 5.19. The quantitative estimate of drug-likeness (QED) is 0.700. The van der Waals surface area contributed by atoms with Crippen molar-refractivity contribution in [3.8, 4) is 0 Å². The van der Waals surface area contributed by atoms with Crippen molar-refractivity contribution in [3.63, 3.8) is 0 Å². The summed E-state index contributed by atoms with van der Waals surface area (Å²) in [6, 6.07) is 3.31. The Bertz CT molecular complexity index is 403. The summed E-state index contributed by atoms with van der Waals surface area (Å²) in [6.45, 7) is 3.83. The highest BCUT2D eigenvalue weighted by Gasteiger charge is 2.12. The van der Waals surface area contributed by atoms with Gasteiger partial charge in [-0.05, 0) is 25.5 Å². The van der Waals surface area contributed by atoms with Crippen LogP contribution in [0.1, 0.15) is 26.0 Å². The van der Waals surface area contributed by atoms with Gasteiger partial charge < -0.3 is 20.2 Å². The summed E-state index contributed by atoms with van der Waals surface area (Å²) in [6.07, 6.45) is 2.62. The first-order valence-corrected chi connectivity index (χ1v) is 6.28. The molecule has 1 aromatic rings. The van der Waals surface area contributed by atoms with Crippen molar-refractivity contribution in [3.05, 3.63) is 24.2 Å². The molecule has 1 heterocycles. The van der Waals surface area contributed by atoms with Gasteiger partial charge in [-0.1, -0.05) is 6.92 Å². The number of nitrogens with one attached hydrogen (secondary N) is 2. The number of carbonyl (C=O) groups excluding carboxylic acids is 1. The fraction of sp³-hybridized carbons (Fsp3) is 0.538. The van der Waals surface area contributed by atoms with Crippen LogP contribution in [0.4, 0.5) is 4.79 Å². The number of carboxylic acids is 1. The van der Waals surface area contributed by atoms with Gasteiger partial charge in [-0.3, -0.25) is 4.79 Å². The van der Waals surface area contributed by atoms with Gasteiger partial charge in [0.1, 0.15) is 5.76 Å². The average Bonchev–Trinajstić information content (AvgIpc) is 2.81. The molecule has 0 aromatic carbocycles. The van der Waals surface area contributed by atoms with Crippen LogP contribution in [-0.2, 0) is 11.2 Å². The first kappa shape index (κ1) is 15.1. The minimum atomic E-state index is -0.853. The van der Waals surface area contributed by atoms with Crippen LogP contribution in [-0.4, -0.2) is 29.7 Å². The van der Waals surface area contributed by atoms with E-state index in [0.717, 1.165) is 5.76 Å². The number of carbonyl (C=O) groups is 2. The van der Waals surface area contributed by atoms with Gasteiger partial charge in [0.25, 0.3) is 0 Å². The van der Waals surface area contributed by atoms with E-state index in [-0.39, 0.29) is 12.1 Å². The van der Waals surface area contributed by atoms with Crippen molar-refractivity contribution in [1.29, 1.82) is 0 Å². The summed E-state index contributed by atoms with van der Waals surface area (Å²) >= 11 is 0. The van der Waals surface area contributed by atoms with Crippen LogP contribution in [0.15, 0.2) is 22.8 Å². The van der Waals surface area contributed by atoms with E-state index in [1.807, 2.05) is 13.0 Å². The highest BCUT2D eigenvalue weighted by molar-refractivity contribution is 5.74. The Morgan fingerprint density at radius 2 is 2.16 bits per heavy atom. The standard InChI is InChI=1S/C13H20N2O4/c1-9(12(16)17)5-6-14-13(18)15-10(2)8-11-4-3-7-19-11/h3-4,7,9-10H,5-6,8H2,1-2H3,(H,16,17)(H2,14,15,18). The first-order chi connectivity index (χ1) is 8.99. The molecule has 2 unspecified atom stereocenters. The van der Waals surface area contributed by atoms with Gasteiger partial charge in [0.2, 0.25) is 0 Å². The molecule has 0 radical (unpaired) electrons. The molecule has 0 aliphatic rings. The van der Waals surface area contributed by atoms with E-state index in [1.54, 1.807) is 19.3 Å². The van der Waals surface area contributed by atoms with Gasteiger partial charge in [-0.15, -0.1) is 0 Å². The molecule has 3 N–H and O–H groups in total. The normalized spacial score (nSPS) is 13.6. The SMILES string of the molecule is CC(Cc1ccco1)NC(=O)NCCC(C)C(=O)O. The number of hydrogen-bond acceptors (Lipinski definition) is 3. The predicted molar refractivity (Wildman–Crippen MR) is 69.8 cm³/mol. The zero-order valence-corrected chi connectivity index (χ0v) is 11.2. The smallest absolute Gasteiger partial charge is 0.315 e. The molecule has 2 atom stereocenters. The Morgan fingerprint density at radius 3 is 2.74 bits per heavy atom. The van der Waals surface area contributed by atoms with E-state index >= 15 is 0 Å². The lowest BCUT2D eigenvalue weighted by atomic mass is 10.1. The largest absolute Gasteiger partial charge is 0.481 e. The second kappa shape index (κ2) is 7.45. The summed E-state index contributed by atoms with van der Waals surface area (Å²) in [4.78, 5) is 22.1. The predicted octanol–water partition coefficient (Wildman–Crippen LogP) is 1.62. The van der Waals surface area contributed by atoms with Crippen LogP contribution in [0.25, 0.3) is 0 Å². The van der Waals surface area contributed by atoms with Gasteiger partial charge in [-0.2, -0.15) is 0 Å².